The van der Waals surface area contributed by atoms with E-state index in [1.165, 1.54) is 0 Å². The van der Waals surface area contributed by atoms with Gasteiger partial charge in [0.05, 0.1) is 6.04 Å². The molecule has 0 spiro atoms. The van der Waals surface area contributed by atoms with Crippen LogP contribution in [0.3, 0.4) is 0 Å². The van der Waals surface area contributed by atoms with Gasteiger partial charge in [0.15, 0.2) is 0 Å². The van der Waals surface area contributed by atoms with Gasteiger partial charge in [0.2, 0.25) is 5.91 Å². The van der Waals surface area contributed by atoms with Gasteiger partial charge in [-0.05, 0) is 24.1 Å². The van der Waals surface area contributed by atoms with Gasteiger partial charge in [-0.15, -0.1) is 12.4 Å². The van der Waals surface area contributed by atoms with Crippen LogP contribution in [0.4, 0.5) is 5.69 Å². The summed E-state index contributed by atoms with van der Waals surface area (Å²) in [6.45, 7) is 4.00. The lowest BCUT2D eigenvalue weighted by Gasteiger charge is -2.17. The summed E-state index contributed by atoms with van der Waals surface area (Å²) >= 11 is 3.35. The van der Waals surface area contributed by atoms with Gasteiger partial charge in [-0.25, -0.2) is 0 Å². The van der Waals surface area contributed by atoms with Crippen LogP contribution in [0.25, 0.3) is 0 Å². The van der Waals surface area contributed by atoms with E-state index >= 15 is 0 Å². The van der Waals surface area contributed by atoms with Gasteiger partial charge in [-0.2, -0.15) is 0 Å². The summed E-state index contributed by atoms with van der Waals surface area (Å²) in [7, 11) is 0. The molecule has 17 heavy (non-hydrogen) atoms. The summed E-state index contributed by atoms with van der Waals surface area (Å²) < 4.78 is 0.933. The molecule has 1 amide bonds. The molecule has 96 valence electrons. The number of anilines is 1. The predicted octanol–water partition coefficient (Wildman–Crippen LogP) is 3.18. The van der Waals surface area contributed by atoms with Crippen LogP contribution in [0.1, 0.15) is 20.3 Å². The fourth-order valence-electron chi connectivity index (χ4n) is 1.30. The number of benzene rings is 1. The van der Waals surface area contributed by atoms with Gasteiger partial charge in [-0.3, -0.25) is 4.79 Å². The van der Waals surface area contributed by atoms with Crippen LogP contribution in [0.5, 0.6) is 0 Å². The Morgan fingerprint density at radius 2 is 2.18 bits per heavy atom. The molecule has 0 fully saturated rings. The molecule has 0 aliphatic rings. The lowest BCUT2D eigenvalue weighted by molar-refractivity contribution is -0.118. The van der Waals surface area contributed by atoms with Gasteiger partial charge in [0.25, 0.3) is 0 Å². The second-order valence-electron chi connectivity index (χ2n) is 3.91. The number of hydrogen-bond acceptors (Lipinski definition) is 2. The van der Waals surface area contributed by atoms with Crippen LogP contribution in [0, 0.1) is 5.92 Å². The predicted molar refractivity (Wildman–Crippen MR) is 77.5 cm³/mol. The molecule has 0 saturated heterocycles. The van der Waals surface area contributed by atoms with E-state index in [1.807, 2.05) is 38.1 Å². The summed E-state index contributed by atoms with van der Waals surface area (Å²) in [5.41, 5.74) is 6.60. The highest BCUT2D eigenvalue weighted by Crippen LogP contribution is 2.16. The minimum atomic E-state index is -0.455. The first-order valence-electron chi connectivity index (χ1n) is 5.36. The van der Waals surface area contributed by atoms with Crippen LogP contribution < -0.4 is 11.1 Å². The number of hydrogen-bond donors (Lipinski definition) is 2. The molecule has 0 heterocycles. The Hall–Kier alpha value is -0.580. The van der Waals surface area contributed by atoms with E-state index in [-0.39, 0.29) is 24.2 Å². The fourth-order valence-corrected chi connectivity index (χ4v) is 1.70. The zero-order valence-corrected chi connectivity index (χ0v) is 12.3. The summed E-state index contributed by atoms with van der Waals surface area (Å²) in [5, 5.41) is 2.80. The van der Waals surface area contributed by atoms with Gasteiger partial charge >= 0.3 is 0 Å². The van der Waals surface area contributed by atoms with E-state index in [0.29, 0.717) is 0 Å². The minimum Gasteiger partial charge on any atom is -0.325 e. The SMILES string of the molecule is CCC(C)C(N)C(=O)Nc1cccc(Br)c1.Cl. The maximum Gasteiger partial charge on any atom is 0.241 e. The van der Waals surface area contributed by atoms with Crippen LogP contribution in [-0.4, -0.2) is 11.9 Å². The molecule has 0 aliphatic carbocycles. The van der Waals surface area contributed by atoms with E-state index in [0.717, 1.165) is 16.6 Å². The lowest BCUT2D eigenvalue weighted by atomic mass is 9.99. The molecule has 1 rings (SSSR count). The molecule has 2 unspecified atom stereocenters. The van der Waals surface area contributed by atoms with Crippen molar-refractivity contribution in [1.82, 2.24) is 0 Å². The largest absolute Gasteiger partial charge is 0.325 e. The molecule has 1 aromatic carbocycles. The molecular weight excluding hydrogens is 304 g/mol. The first-order chi connectivity index (χ1) is 7.54. The van der Waals surface area contributed by atoms with Crippen LogP contribution in [-0.2, 0) is 4.79 Å². The number of carbonyl (C=O) groups excluding carboxylic acids is 1. The number of nitrogens with one attached hydrogen (secondary N) is 1. The van der Waals surface area contributed by atoms with Crippen molar-refractivity contribution < 1.29 is 4.79 Å². The maximum absolute atomic E-state index is 11.8. The summed E-state index contributed by atoms with van der Waals surface area (Å²) in [6, 6.07) is 7.01. The van der Waals surface area contributed by atoms with Crippen molar-refractivity contribution in [3.63, 3.8) is 0 Å². The number of carbonyl (C=O) groups is 1. The van der Waals surface area contributed by atoms with E-state index < -0.39 is 6.04 Å². The second-order valence-corrected chi connectivity index (χ2v) is 4.83. The Balaban J connectivity index is 0.00000256. The molecule has 0 radical (unpaired) electrons. The average Bonchev–Trinajstić information content (AvgIpc) is 2.27. The molecule has 0 saturated carbocycles. The first-order valence-corrected chi connectivity index (χ1v) is 6.16. The number of halogens is 2. The second kappa shape index (κ2) is 7.69. The zero-order valence-electron chi connectivity index (χ0n) is 9.94. The smallest absolute Gasteiger partial charge is 0.241 e. The van der Waals surface area contributed by atoms with Gasteiger partial charge in [0.1, 0.15) is 0 Å². The first kappa shape index (κ1) is 16.4. The molecular formula is C12H18BrClN2O. The average molecular weight is 322 g/mol. The fraction of sp³-hybridized carbons (Fsp3) is 0.417. The standard InChI is InChI=1S/C12H17BrN2O.ClH/c1-3-8(2)11(14)12(16)15-10-6-4-5-9(13)7-10;/h4-8,11H,3,14H2,1-2H3,(H,15,16);1H. The van der Waals surface area contributed by atoms with Gasteiger partial charge in [0, 0.05) is 10.2 Å². The summed E-state index contributed by atoms with van der Waals surface area (Å²) in [5.74, 6) is 0.0552. The van der Waals surface area contributed by atoms with E-state index in [1.54, 1.807) is 0 Å². The molecule has 5 heteroatoms. The molecule has 3 nitrogen and oxygen atoms in total. The van der Waals surface area contributed by atoms with E-state index in [9.17, 15) is 4.79 Å². The third-order valence-corrected chi connectivity index (χ3v) is 3.15. The number of rotatable bonds is 4. The van der Waals surface area contributed by atoms with E-state index in [2.05, 4.69) is 21.2 Å². The third-order valence-electron chi connectivity index (χ3n) is 2.65. The number of nitrogens with two attached hydrogens (primary N) is 1. The van der Waals surface area contributed by atoms with Crippen molar-refractivity contribution in [3.8, 4) is 0 Å². The quantitative estimate of drug-likeness (QED) is 0.895. The van der Waals surface area contributed by atoms with Crippen LogP contribution >= 0.6 is 28.3 Å². The van der Waals surface area contributed by atoms with Gasteiger partial charge in [-0.1, -0.05) is 42.3 Å². The Morgan fingerprint density at radius 3 is 2.71 bits per heavy atom. The Morgan fingerprint density at radius 1 is 1.53 bits per heavy atom. The Bertz CT molecular complexity index is 373. The highest BCUT2D eigenvalue weighted by molar-refractivity contribution is 9.10. The summed E-state index contributed by atoms with van der Waals surface area (Å²) in [6.07, 6.45) is 0.896. The highest BCUT2D eigenvalue weighted by atomic mass is 79.9. The van der Waals surface area contributed by atoms with Crippen LogP contribution in [0.2, 0.25) is 0 Å². The van der Waals surface area contributed by atoms with Gasteiger partial charge < -0.3 is 11.1 Å². The highest BCUT2D eigenvalue weighted by Gasteiger charge is 2.19. The molecule has 0 aromatic heterocycles. The van der Waals surface area contributed by atoms with E-state index in [4.69, 9.17) is 5.73 Å². The maximum atomic E-state index is 11.8. The topological polar surface area (TPSA) is 55.1 Å². The Kier molecular flexibility index (Phi) is 7.43. The zero-order chi connectivity index (χ0) is 12.1. The third kappa shape index (κ3) is 5.06. The monoisotopic (exact) mass is 320 g/mol. The molecule has 1 aromatic rings. The molecule has 0 aliphatic heterocycles. The Labute approximate surface area is 117 Å². The van der Waals surface area contributed by atoms with Crippen molar-refractivity contribution in [3.05, 3.63) is 28.7 Å². The van der Waals surface area contributed by atoms with Crippen molar-refractivity contribution in [2.24, 2.45) is 11.7 Å². The molecule has 0 bridgehead atoms. The van der Waals surface area contributed by atoms with Crippen molar-refractivity contribution in [2.45, 2.75) is 26.3 Å². The van der Waals surface area contributed by atoms with Crippen molar-refractivity contribution in [2.75, 3.05) is 5.32 Å². The normalized spacial score (nSPS) is 13.4. The van der Waals surface area contributed by atoms with Crippen molar-refractivity contribution >= 4 is 39.9 Å². The minimum absolute atomic E-state index is 0. The lowest BCUT2D eigenvalue weighted by Crippen LogP contribution is -2.40. The molecule has 3 N–H and O–H groups in total. The summed E-state index contributed by atoms with van der Waals surface area (Å²) in [4.78, 5) is 11.8. The van der Waals surface area contributed by atoms with Crippen molar-refractivity contribution in [1.29, 1.82) is 0 Å². The number of amides is 1. The van der Waals surface area contributed by atoms with Crippen LogP contribution in [0.15, 0.2) is 28.7 Å². The molecule has 2 atom stereocenters.